The Hall–Kier alpha value is -2.99. The van der Waals surface area contributed by atoms with E-state index in [2.05, 4.69) is 11.9 Å². The van der Waals surface area contributed by atoms with Crippen LogP contribution < -0.4 is 0 Å². The van der Waals surface area contributed by atoms with Crippen molar-refractivity contribution in [3.05, 3.63) is 60.6 Å². The van der Waals surface area contributed by atoms with Crippen LogP contribution >= 0.6 is 0 Å². The van der Waals surface area contributed by atoms with E-state index in [1.54, 1.807) is 24.5 Å². The molecule has 0 aliphatic carbocycles. The Morgan fingerprint density at radius 3 is 2.44 bits per heavy atom. The molecule has 0 aliphatic rings. The number of hydrogen-bond donors (Lipinski definition) is 0. The highest BCUT2D eigenvalue weighted by Crippen LogP contribution is 2.31. The van der Waals surface area contributed by atoms with Gasteiger partial charge in [0.1, 0.15) is 5.69 Å². The lowest BCUT2D eigenvalue weighted by Crippen LogP contribution is -2.07. The van der Waals surface area contributed by atoms with Gasteiger partial charge in [-0.1, -0.05) is 19.1 Å². The molecule has 3 rings (SSSR count). The quantitative estimate of drug-likeness (QED) is 0.448. The predicted octanol–water partition coefficient (Wildman–Crippen LogP) is 3.83. The first-order chi connectivity index (χ1) is 13.2. The molecule has 0 fully saturated rings. The second-order valence-corrected chi connectivity index (χ2v) is 6.07. The van der Waals surface area contributed by atoms with Gasteiger partial charge < -0.3 is 9.47 Å². The van der Waals surface area contributed by atoms with Crippen molar-refractivity contribution in [3.8, 4) is 22.4 Å². The summed E-state index contributed by atoms with van der Waals surface area (Å²) in [6.45, 7) is 4.14. The fourth-order valence-corrected chi connectivity index (χ4v) is 2.78. The zero-order valence-electron chi connectivity index (χ0n) is 15.6. The summed E-state index contributed by atoms with van der Waals surface area (Å²) in [5.74, 6) is -0.348. The van der Waals surface area contributed by atoms with Crippen molar-refractivity contribution in [2.75, 3.05) is 20.3 Å². The third-order valence-electron chi connectivity index (χ3n) is 4.15. The van der Waals surface area contributed by atoms with Crippen LogP contribution in [0.1, 0.15) is 23.7 Å². The summed E-state index contributed by atoms with van der Waals surface area (Å²) >= 11 is 0. The zero-order chi connectivity index (χ0) is 19.1. The molecule has 2 aromatic heterocycles. The Labute approximate surface area is 158 Å². The molecule has 3 aromatic rings. The number of rotatable bonds is 8. The fourth-order valence-electron chi connectivity index (χ4n) is 2.78. The normalized spacial score (nSPS) is 10.7. The van der Waals surface area contributed by atoms with E-state index < -0.39 is 0 Å². The predicted molar refractivity (Wildman–Crippen MR) is 103 cm³/mol. The van der Waals surface area contributed by atoms with Crippen molar-refractivity contribution in [2.24, 2.45) is 0 Å². The summed E-state index contributed by atoms with van der Waals surface area (Å²) in [7, 11) is 1.38. The van der Waals surface area contributed by atoms with E-state index in [-0.39, 0.29) is 5.97 Å². The number of methoxy groups -OCH3 is 1. The van der Waals surface area contributed by atoms with Crippen LogP contribution in [0.2, 0.25) is 0 Å². The molecule has 0 saturated heterocycles. The molecule has 0 aliphatic heterocycles. The van der Waals surface area contributed by atoms with Crippen LogP contribution in [0.25, 0.3) is 22.4 Å². The van der Waals surface area contributed by atoms with Gasteiger partial charge in [0, 0.05) is 36.3 Å². The number of ether oxygens (including phenoxy) is 2. The zero-order valence-corrected chi connectivity index (χ0v) is 15.6. The maximum Gasteiger partial charge on any atom is 0.337 e. The third kappa shape index (κ3) is 4.60. The average molecular weight is 365 g/mol. The highest BCUT2D eigenvalue weighted by atomic mass is 16.5. The molecule has 0 unspecified atom stereocenters. The van der Waals surface area contributed by atoms with Crippen LogP contribution in [0.15, 0.2) is 55.0 Å². The summed E-state index contributed by atoms with van der Waals surface area (Å²) < 4.78 is 12.2. The molecule has 6 heteroatoms. The van der Waals surface area contributed by atoms with Crippen LogP contribution in [-0.4, -0.2) is 41.1 Å². The average Bonchev–Trinajstić information content (AvgIpc) is 3.15. The first-order valence-corrected chi connectivity index (χ1v) is 8.97. The Morgan fingerprint density at radius 2 is 1.78 bits per heavy atom. The van der Waals surface area contributed by atoms with E-state index in [9.17, 15) is 4.79 Å². The standard InChI is InChI=1S/C21H23N3O3/c1-3-13-27-14-12-24-15-19(20(23-24)17-8-10-22-11-9-17)16-4-6-18(7-5-16)21(25)26-2/h4-11,15H,3,12-14H2,1-2H3. The molecule has 27 heavy (non-hydrogen) atoms. The topological polar surface area (TPSA) is 66.2 Å². The highest BCUT2D eigenvalue weighted by molar-refractivity contribution is 5.90. The van der Waals surface area contributed by atoms with Gasteiger partial charge in [0.15, 0.2) is 0 Å². The van der Waals surface area contributed by atoms with E-state index in [0.717, 1.165) is 35.4 Å². The molecular weight excluding hydrogens is 342 g/mol. The second-order valence-electron chi connectivity index (χ2n) is 6.07. The van der Waals surface area contributed by atoms with Crippen LogP contribution in [0.4, 0.5) is 0 Å². The Morgan fingerprint density at radius 1 is 1.04 bits per heavy atom. The lowest BCUT2D eigenvalue weighted by Gasteiger charge is -2.04. The van der Waals surface area contributed by atoms with E-state index in [1.165, 1.54) is 7.11 Å². The van der Waals surface area contributed by atoms with E-state index in [0.29, 0.717) is 18.7 Å². The molecule has 0 radical (unpaired) electrons. The maximum absolute atomic E-state index is 11.7. The van der Waals surface area contributed by atoms with Gasteiger partial charge in [-0.25, -0.2) is 4.79 Å². The van der Waals surface area contributed by atoms with E-state index in [1.807, 2.05) is 35.1 Å². The van der Waals surface area contributed by atoms with Gasteiger partial charge in [0.25, 0.3) is 0 Å². The number of pyridine rings is 1. The number of aromatic nitrogens is 3. The summed E-state index contributed by atoms with van der Waals surface area (Å²) in [6.07, 6.45) is 6.52. The van der Waals surface area contributed by atoms with Gasteiger partial charge in [-0.2, -0.15) is 5.10 Å². The molecule has 140 valence electrons. The van der Waals surface area contributed by atoms with Crippen molar-refractivity contribution >= 4 is 5.97 Å². The lowest BCUT2D eigenvalue weighted by molar-refractivity contribution is 0.0600. The van der Waals surface area contributed by atoms with Crippen molar-refractivity contribution in [3.63, 3.8) is 0 Å². The van der Waals surface area contributed by atoms with Crippen LogP contribution in [0, 0.1) is 0 Å². The van der Waals surface area contributed by atoms with Crippen LogP contribution in [0.5, 0.6) is 0 Å². The number of carbonyl (C=O) groups is 1. The molecule has 0 spiro atoms. The molecule has 2 heterocycles. The molecule has 0 atom stereocenters. The smallest absolute Gasteiger partial charge is 0.337 e. The number of esters is 1. The van der Waals surface area contributed by atoms with Gasteiger partial charge >= 0.3 is 5.97 Å². The molecule has 0 amide bonds. The van der Waals surface area contributed by atoms with Gasteiger partial charge in [0.05, 0.1) is 25.8 Å². The van der Waals surface area contributed by atoms with Crippen molar-refractivity contribution in [1.82, 2.24) is 14.8 Å². The Balaban J connectivity index is 1.92. The lowest BCUT2D eigenvalue weighted by atomic mass is 10.0. The van der Waals surface area contributed by atoms with E-state index in [4.69, 9.17) is 14.6 Å². The summed E-state index contributed by atoms with van der Waals surface area (Å²) in [4.78, 5) is 15.8. The number of nitrogens with zero attached hydrogens (tertiary/aromatic N) is 3. The van der Waals surface area contributed by atoms with Gasteiger partial charge in [-0.05, 0) is 36.2 Å². The fraction of sp³-hybridized carbons (Fsp3) is 0.286. The highest BCUT2D eigenvalue weighted by Gasteiger charge is 2.14. The summed E-state index contributed by atoms with van der Waals surface area (Å²) in [5.41, 5.74) is 4.36. The monoisotopic (exact) mass is 365 g/mol. The van der Waals surface area contributed by atoms with E-state index >= 15 is 0 Å². The first kappa shape index (κ1) is 18.8. The minimum absolute atomic E-state index is 0.348. The Kier molecular flexibility index (Phi) is 6.33. The minimum Gasteiger partial charge on any atom is -0.465 e. The number of carbonyl (C=O) groups excluding carboxylic acids is 1. The maximum atomic E-state index is 11.7. The van der Waals surface area contributed by atoms with Crippen molar-refractivity contribution < 1.29 is 14.3 Å². The Bertz CT molecular complexity index is 873. The number of benzene rings is 1. The summed E-state index contributed by atoms with van der Waals surface area (Å²) in [6, 6.07) is 11.2. The minimum atomic E-state index is -0.348. The van der Waals surface area contributed by atoms with Crippen molar-refractivity contribution in [2.45, 2.75) is 19.9 Å². The molecule has 0 N–H and O–H groups in total. The third-order valence-corrected chi connectivity index (χ3v) is 4.15. The van der Waals surface area contributed by atoms with Crippen LogP contribution in [-0.2, 0) is 16.0 Å². The molecular formula is C21H23N3O3. The summed E-state index contributed by atoms with van der Waals surface area (Å²) in [5, 5.41) is 4.75. The molecule has 6 nitrogen and oxygen atoms in total. The molecule has 1 aromatic carbocycles. The van der Waals surface area contributed by atoms with Crippen LogP contribution in [0.3, 0.4) is 0 Å². The van der Waals surface area contributed by atoms with Gasteiger partial charge in [0.2, 0.25) is 0 Å². The first-order valence-electron chi connectivity index (χ1n) is 8.97. The second kappa shape index (κ2) is 9.09. The SMILES string of the molecule is CCCOCCn1cc(-c2ccc(C(=O)OC)cc2)c(-c2ccncc2)n1. The van der Waals surface area contributed by atoms with Gasteiger partial charge in [-0.3, -0.25) is 9.67 Å². The van der Waals surface area contributed by atoms with Gasteiger partial charge in [-0.15, -0.1) is 0 Å². The number of hydrogen-bond acceptors (Lipinski definition) is 5. The largest absolute Gasteiger partial charge is 0.465 e. The molecule has 0 saturated carbocycles. The van der Waals surface area contributed by atoms with Crippen molar-refractivity contribution in [1.29, 1.82) is 0 Å². The molecule has 0 bridgehead atoms.